The Balaban J connectivity index is 1.67. The highest BCUT2D eigenvalue weighted by Gasteiger charge is 2.64. The normalized spacial score (nSPS) is 21.2. The van der Waals surface area contributed by atoms with Crippen molar-refractivity contribution in [3.8, 4) is 0 Å². The molecule has 1 fully saturated rings. The van der Waals surface area contributed by atoms with Gasteiger partial charge in [0, 0.05) is 17.6 Å². The molecule has 1 aliphatic carbocycles. The van der Waals surface area contributed by atoms with E-state index in [1.54, 1.807) is 0 Å². The van der Waals surface area contributed by atoms with E-state index in [9.17, 15) is 5.11 Å². The third kappa shape index (κ3) is 3.59. The zero-order valence-corrected chi connectivity index (χ0v) is 14.1. The van der Waals surface area contributed by atoms with Crippen molar-refractivity contribution in [2.75, 3.05) is 13.2 Å². The van der Waals surface area contributed by atoms with Crippen molar-refractivity contribution in [2.45, 2.75) is 46.4 Å². The summed E-state index contributed by atoms with van der Waals surface area (Å²) in [6.07, 6.45) is -0.500. The Bertz CT molecular complexity index is 473. The summed E-state index contributed by atoms with van der Waals surface area (Å²) in [5.41, 5.74) is 1.51. The SMILES string of the molecule is CC1(C)C(NCC(O)COCc2ccccc2Cl)C1(C)C. The molecule has 1 atom stereocenters. The van der Waals surface area contributed by atoms with Crippen LogP contribution in [0.5, 0.6) is 0 Å². The van der Waals surface area contributed by atoms with E-state index in [1.165, 1.54) is 0 Å². The molecule has 0 radical (unpaired) electrons. The number of ether oxygens (including phenoxy) is 1. The molecule has 1 unspecified atom stereocenters. The van der Waals surface area contributed by atoms with Gasteiger partial charge < -0.3 is 15.2 Å². The van der Waals surface area contributed by atoms with E-state index in [-0.39, 0.29) is 10.8 Å². The van der Waals surface area contributed by atoms with Gasteiger partial charge in [-0.05, 0) is 22.5 Å². The van der Waals surface area contributed by atoms with Crippen LogP contribution in [0.2, 0.25) is 5.02 Å². The lowest BCUT2D eigenvalue weighted by Gasteiger charge is -2.14. The average Bonchev–Trinajstić information content (AvgIpc) is 2.79. The lowest BCUT2D eigenvalue weighted by molar-refractivity contribution is 0.0282. The van der Waals surface area contributed by atoms with Gasteiger partial charge in [-0.3, -0.25) is 0 Å². The molecule has 0 aromatic heterocycles. The molecule has 2 rings (SSSR count). The predicted octanol–water partition coefficient (Wildman–Crippen LogP) is 3.24. The first kappa shape index (κ1) is 16.8. The monoisotopic (exact) mass is 311 g/mol. The Morgan fingerprint density at radius 1 is 1.24 bits per heavy atom. The molecule has 0 bridgehead atoms. The van der Waals surface area contributed by atoms with Crippen molar-refractivity contribution in [3.05, 3.63) is 34.9 Å². The fourth-order valence-corrected chi connectivity index (χ4v) is 3.13. The number of halogens is 1. The second-order valence-corrected chi connectivity index (χ2v) is 7.45. The molecular formula is C17H26ClNO2. The highest BCUT2D eigenvalue weighted by atomic mass is 35.5. The molecule has 0 saturated heterocycles. The van der Waals surface area contributed by atoms with Gasteiger partial charge in [0.25, 0.3) is 0 Å². The van der Waals surface area contributed by atoms with Gasteiger partial charge in [-0.1, -0.05) is 57.5 Å². The maximum Gasteiger partial charge on any atom is 0.0897 e. The molecule has 1 aromatic rings. The Kier molecular flexibility index (Phi) is 4.99. The number of hydrogen-bond donors (Lipinski definition) is 2. The van der Waals surface area contributed by atoms with E-state index in [0.717, 1.165) is 5.56 Å². The summed E-state index contributed by atoms with van der Waals surface area (Å²) < 4.78 is 5.54. The number of rotatable bonds is 7. The molecule has 3 nitrogen and oxygen atoms in total. The molecular weight excluding hydrogens is 286 g/mol. The van der Waals surface area contributed by atoms with Crippen molar-refractivity contribution >= 4 is 11.6 Å². The minimum atomic E-state index is -0.500. The molecule has 118 valence electrons. The molecule has 2 N–H and O–H groups in total. The van der Waals surface area contributed by atoms with Crippen LogP contribution in [0.4, 0.5) is 0 Å². The molecule has 0 spiro atoms. The molecule has 1 aliphatic rings. The summed E-state index contributed by atoms with van der Waals surface area (Å²) >= 11 is 6.06. The van der Waals surface area contributed by atoms with Crippen LogP contribution in [-0.2, 0) is 11.3 Å². The van der Waals surface area contributed by atoms with Crippen molar-refractivity contribution in [1.82, 2.24) is 5.32 Å². The Morgan fingerprint density at radius 3 is 2.43 bits per heavy atom. The van der Waals surface area contributed by atoms with Crippen LogP contribution in [0.15, 0.2) is 24.3 Å². The fraction of sp³-hybridized carbons (Fsp3) is 0.647. The van der Waals surface area contributed by atoms with Crippen molar-refractivity contribution in [3.63, 3.8) is 0 Å². The van der Waals surface area contributed by atoms with Gasteiger partial charge in [0.2, 0.25) is 0 Å². The largest absolute Gasteiger partial charge is 0.389 e. The molecule has 0 aliphatic heterocycles. The highest BCUT2D eigenvalue weighted by molar-refractivity contribution is 6.31. The van der Waals surface area contributed by atoms with Gasteiger partial charge in [0.15, 0.2) is 0 Å². The van der Waals surface area contributed by atoms with Gasteiger partial charge >= 0.3 is 0 Å². The second-order valence-electron chi connectivity index (χ2n) is 7.04. The Hall–Kier alpha value is -0.610. The van der Waals surface area contributed by atoms with Gasteiger partial charge in [-0.25, -0.2) is 0 Å². The Morgan fingerprint density at radius 2 is 1.86 bits per heavy atom. The van der Waals surface area contributed by atoms with Gasteiger partial charge in [0.1, 0.15) is 0 Å². The fourth-order valence-electron chi connectivity index (χ4n) is 2.94. The first-order chi connectivity index (χ1) is 9.76. The van der Waals surface area contributed by atoms with Gasteiger partial charge in [-0.15, -0.1) is 0 Å². The van der Waals surface area contributed by atoms with Crippen LogP contribution in [0, 0.1) is 10.8 Å². The average molecular weight is 312 g/mol. The quantitative estimate of drug-likeness (QED) is 0.812. The number of aliphatic hydroxyl groups excluding tert-OH is 1. The Labute approximate surface area is 132 Å². The molecule has 0 heterocycles. The lowest BCUT2D eigenvalue weighted by atomic mass is 10.0. The standard InChI is InChI=1S/C17H26ClNO2/c1-16(2)15(17(16,3)4)19-9-13(20)11-21-10-12-7-5-6-8-14(12)18/h5-8,13,15,19-20H,9-11H2,1-4H3. The molecule has 1 saturated carbocycles. The van der Waals surface area contributed by atoms with Crippen LogP contribution < -0.4 is 5.32 Å². The third-order valence-corrected chi connectivity index (χ3v) is 5.47. The maximum absolute atomic E-state index is 9.99. The third-order valence-electron chi connectivity index (χ3n) is 5.10. The zero-order chi connectivity index (χ0) is 15.7. The minimum Gasteiger partial charge on any atom is -0.389 e. The van der Waals surface area contributed by atoms with E-state index in [1.807, 2.05) is 24.3 Å². The topological polar surface area (TPSA) is 41.5 Å². The summed E-state index contributed by atoms with van der Waals surface area (Å²) in [6, 6.07) is 8.05. The van der Waals surface area contributed by atoms with Crippen LogP contribution in [0.1, 0.15) is 33.3 Å². The van der Waals surface area contributed by atoms with E-state index in [0.29, 0.717) is 30.8 Å². The summed E-state index contributed by atoms with van der Waals surface area (Å²) in [6.45, 7) is 10.3. The molecule has 4 heteroatoms. The summed E-state index contributed by atoms with van der Waals surface area (Å²) in [5, 5.41) is 14.1. The number of benzene rings is 1. The maximum atomic E-state index is 9.99. The van der Waals surface area contributed by atoms with Crippen LogP contribution in [0.3, 0.4) is 0 Å². The van der Waals surface area contributed by atoms with Crippen LogP contribution in [0.25, 0.3) is 0 Å². The van der Waals surface area contributed by atoms with Crippen LogP contribution in [-0.4, -0.2) is 30.4 Å². The van der Waals surface area contributed by atoms with E-state index in [2.05, 4.69) is 33.0 Å². The number of aliphatic hydroxyl groups is 1. The minimum absolute atomic E-state index is 0.283. The first-order valence-corrected chi connectivity index (χ1v) is 7.87. The van der Waals surface area contributed by atoms with Crippen molar-refractivity contribution in [2.24, 2.45) is 10.8 Å². The van der Waals surface area contributed by atoms with Crippen LogP contribution >= 0.6 is 11.6 Å². The number of hydrogen-bond acceptors (Lipinski definition) is 3. The van der Waals surface area contributed by atoms with E-state index in [4.69, 9.17) is 16.3 Å². The summed E-state index contributed by atoms with van der Waals surface area (Å²) in [5.74, 6) is 0. The van der Waals surface area contributed by atoms with Gasteiger partial charge in [-0.2, -0.15) is 0 Å². The van der Waals surface area contributed by atoms with Gasteiger partial charge in [0.05, 0.1) is 19.3 Å². The first-order valence-electron chi connectivity index (χ1n) is 7.49. The smallest absolute Gasteiger partial charge is 0.0897 e. The predicted molar refractivity (Wildman–Crippen MR) is 86.5 cm³/mol. The van der Waals surface area contributed by atoms with Crippen molar-refractivity contribution < 1.29 is 9.84 Å². The lowest BCUT2D eigenvalue weighted by Crippen LogP contribution is -2.34. The summed E-state index contributed by atoms with van der Waals surface area (Å²) in [7, 11) is 0. The molecule has 21 heavy (non-hydrogen) atoms. The molecule has 0 amide bonds. The second kappa shape index (κ2) is 6.25. The zero-order valence-electron chi connectivity index (χ0n) is 13.3. The van der Waals surface area contributed by atoms with E-state index < -0.39 is 6.10 Å². The molecule has 1 aromatic carbocycles. The summed E-state index contributed by atoms with van der Waals surface area (Å²) in [4.78, 5) is 0. The van der Waals surface area contributed by atoms with Crippen molar-refractivity contribution in [1.29, 1.82) is 0 Å². The van der Waals surface area contributed by atoms with E-state index >= 15 is 0 Å². The highest BCUT2D eigenvalue weighted by Crippen LogP contribution is 2.62. The number of nitrogens with one attached hydrogen (secondary N) is 1.